The van der Waals surface area contributed by atoms with Gasteiger partial charge in [0, 0.05) is 16.5 Å². The number of fused-ring (bicyclic) bond motifs is 1. The highest BCUT2D eigenvalue weighted by Crippen LogP contribution is 2.26. The molecule has 4 aromatic rings. The number of nitrogens with zero attached hydrogens (tertiary/aromatic N) is 2. The molecule has 0 radical (unpaired) electrons. The molecule has 0 aliphatic rings. The number of rotatable bonds is 6. The molecule has 0 saturated carbocycles. The van der Waals surface area contributed by atoms with Crippen LogP contribution in [0.25, 0.3) is 11.0 Å². The van der Waals surface area contributed by atoms with Crippen LogP contribution < -0.4 is 0 Å². The zero-order valence-corrected chi connectivity index (χ0v) is 18.0. The molecule has 0 N–H and O–H groups in total. The largest absolute Gasteiger partial charge is 0.462 e. The second-order valence-electron chi connectivity index (χ2n) is 6.94. The predicted octanol–water partition coefficient (Wildman–Crippen LogP) is 6.16. The second-order valence-corrected chi connectivity index (χ2v) is 7.78. The normalized spacial score (nSPS) is 11.0. The molecule has 152 valence electrons. The van der Waals surface area contributed by atoms with E-state index in [1.807, 2.05) is 42.5 Å². The van der Waals surface area contributed by atoms with Crippen LogP contribution >= 0.6 is 23.2 Å². The molecule has 1 heterocycles. The summed E-state index contributed by atoms with van der Waals surface area (Å²) < 4.78 is 7.26. The van der Waals surface area contributed by atoms with Gasteiger partial charge in [-0.05, 0) is 48.4 Å². The minimum atomic E-state index is -0.346. The lowest BCUT2D eigenvalue weighted by Gasteiger charge is -2.12. The summed E-state index contributed by atoms with van der Waals surface area (Å²) in [5.74, 6) is 0.546. The van der Waals surface area contributed by atoms with E-state index >= 15 is 0 Å². The summed E-state index contributed by atoms with van der Waals surface area (Å²) in [6.07, 6.45) is 0.662. The van der Waals surface area contributed by atoms with Crippen LogP contribution in [0.2, 0.25) is 10.0 Å². The summed E-state index contributed by atoms with van der Waals surface area (Å²) >= 11 is 12.5. The van der Waals surface area contributed by atoms with Crippen molar-refractivity contribution in [2.45, 2.75) is 19.9 Å². The van der Waals surface area contributed by atoms with Crippen molar-refractivity contribution >= 4 is 40.2 Å². The first kappa shape index (κ1) is 20.5. The van der Waals surface area contributed by atoms with Crippen molar-refractivity contribution in [3.05, 3.63) is 99.3 Å². The van der Waals surface area contributed by atoms with Gasteiger partial charge >= 0.3 is 5.97 Å². The lowest BCUT2D eigenvalue weighted by molar-refractivity contribution is 0.0526. The number of aromatic nitrogens is 2. The van der Waals surface area contributed by atoms with Crippen LogP contribution in [0.4, 0.5) is 0 Å². The van der Waals surface area contributed by atoms with Crippen LogP contribution in [-0.4, -0.2) is 22.1 Å². The van der Waals surface area contributed by atoms with E-state index in [2.05, 4.69) is 16.7 Å². The number of benzene rings is 3. The fourth-order valence-corrected chi connectivity index (χ4v) is 3.89. The molecule has 0 unspecified atom stereocenters. The van der Waals surface area contributed by atoms with Crippen LogP contribution in [0.15, 0.2) is 66.7 Å². The molecule has 0 fully saturated rings. The van der Waals surface area contributed by atoms with Gasteiger partial charge in [-0.3, -0.25) is 0 Å². The maximum absolute atomic E-state index is 12.3. The highest BCUT2D eigenvalue weighted by atomic mass is 35.5. The first-order valence-corrected chi connectivity index (χ1v) is 10.4. The highest BCUT2D eigenvalue weighted by Gasteiger charge is 2.16. The Balaban J connectivity index is 1.82. The minimum Gasteiger partial charge on any atom is -0.462 e. The number of hydrogen-bond acceptors (Lipinski definition) is 3. The molecule has 0 saturated heterocycles. The van der Waals surface area contributed by atoms with E-state index in [-0.39, 0.29) is 5.97 Å². The Bertz CT molecular complexity index is 1200. The molecule has 6 heteroatoms. The van der Waals surface area contributed by atoms with Crippen LogP contribution in [0.1, 0.15) is 34.2 Å². The third-order valence-electron chi connectivity index (χ3n) is 4.89. The Hall–Kier alpha value is -2.82. The van der Waals surface area contributed by atoms with Crippen molar-refractivity contribution in [2.24, 2.45) is 0 Å². The smallest absolute Gasteiger partial charge is 0.338 e. The molecule has 0 bridgehead atoms. The summed E-state index contributed by atoms with van der Waals surface area (Å²) in [6, 6.07) is 21.1. The zero-order valence-electron chi connectivity index (χ0n) is 16.4. The topological polar surface area (TPSA) is 44.1 Å². The Kier molecular flexibility index (Phi) is 6.07. The summed E-state index contributed by atoms with van der Waals surface area (Å²) in [5.41, 5.74) is 4.26. The van der Waals surface area contributed by atoms with Crippen LogP contribution in [-0.2, 0) is 17.7 Å². The quantitative estimate of drug-likeness (QED) is 0.338. The molecular weight excluding hydrogens is 419 g/mol. The number of ether oxygens (including phenoxy) is 1. The van der Waals surface area contributed by atoms with E-state index in [1.165, 1.54) is 0 Å². The van der Waals surface area contributed by atoms with Crippen LogP contribution in [0.5, 0.6) is 0 Å². The van der Waals surface area contributed by atoms with Gasteiger partial charge in [0.15, 0.2) is 0 Å². The van der Waals surface area contributed by atoms with Gasteiger partial charge in [-0.1, -0.05) is 59.6 Å². The number of imidazole rings is 1. The van der Waals surface area contributed by atoms with Crippen molar-refractivity contribution in [3.63, 3.8) is 0 Å². The molecular formula is C24H20Cl2N2O2. The van der Waals surface area contributed by atoms with Crippen molar-refractivity contribution in [1.82, 2.24) is 9.55 Å². The fraction of sp³-hybridized carbons (Fsp3) is 0.167. The van der Waals surface area contributed by atoms with Crippen LogP contribution in [0.3, 0.4) is 0 Å². The fourth-order valence-electron chi connectivity index (χ4n) is 3.42. The second kappa shape index (κ2) is 8.90. The maximum atomic E-state index is 12.3. The molecule has 0 spiro atoms. The van der Waals surface area contributed by atoms with E-state index in [4.69, 9.17) is 32.9 Å². The predicted molar refractivity (Wildman–Crippen MR) is 121 cm³/mol. The van der Waals surface area contributed by atoms with Gasteiger partial charge in [0.1, 0.15) is 5.82 Å². The van der Waals surface area contributed by atoms with Gasteiger partial charge in [-0.2, -0.15) is 0 Å². The summed E-state index contributed by atoms with van der Waals surface area (Å²) in [6.45, 7) is 2.64. The third kappa shape index (κ3) is 4.35. The van der Waals surface area contributed by atoms with Gasteiger partial charge in [0.05, 0.1) is 29.7 Å². The standard InChI is InChI=1S/C24H20Cl2N2O2/c1-2-30-24(29)17-9-11-21-22(13-17)28(15-18-8-10-19(25)14-20(18)26)23(27-21)12-16-6-4-3-5-7-16/h3-11,13-14H,2,12,15H2,1H3. The van der Waals surface area contributed by atoms with Crippen molar-refractivity contribution in [3.8, 4) is 0 Å². The maximum Gasteiger partial charge on any atom is 0.338 e. The Morgan fingerprint density at radius 1 is 1.03 bits per heavy atom. The first-order chi connectivity index (χ1) is 14.5. The first-order valence-electron chi connectivity index (χ1n) is 9.69. The number of halogens is 2. The molecule has 3 aromatic carbocycles. The average molecular weight is 439 g/mol. The molecule has 1 aromatic heterocycles. The van der Waals surface area contributed by atoms with Gasteiger partial charge in [0.2, 0.25) is 0 Å². The molecule has 0 aliphatic carbocycles. The van der Waals surface area contributed by atoms with Crippen molar-refractivity contribution < 1.29 is 9.53 Å². The number of hydrogen-bond donors (Lipinski definition) is 0. The van der Waals surface area contributed by atoms with E-state index in [9.17, 15) is 4.79 Å². The Morgan fingerprint density at radius 3 is 2.57 bits per heavy atom. The number of carbonyl (C=O) groups is 1. The molecule has 4 nitrogen and oxygen atoms in total. The van der Waals surface area contributed by atoms with Crippen LogP contribution in [0, 0.1) is 0 Å². The number of esters is 1. The van der Waals surface area contributed by atoms with Gasteiger partial charge in [0.25, 0.3) is 0 Å². The third-order valence-corrected chi connectivity index (χ3v) is 5.47. The number of carbonyl (C=O) groups excluding carboxylic acids is 1. The summed E-state index contributed by atoms with van der Waals surface area (Å²) in [5, 5.41) is 1.19. The van der Waals surface area contributed by atoms with Crippen molar-refractivity contribution in [1.29, 1.82) is 0 Å². The van der Waals surface area contributed by atoms with E-state index in [0.717, 1.165) is 28.0 Å². The van der Waals surface area contributed by atoms with E-state index in [1.54, 1.807) is 19.1 Å². The SMILES string of the molecule is CCOC(=O)c1ccc2nc(Cc3ccccc3)n(Cc3ccc(Cl)cc3Cl)c2c1. The van der Waals surface area contributed by atoms with Gasteiger partial charge in [-0.15, -0.1) is 0 Å². The molecule has 0 amide bonds. The molecule has 0 atom stereocenters. The lowest BCUT2D eigenvalue weighted by Crippen LogP contribution is -2.08. The molecule has 30 heavy (non-hydrogen) atoms. The van der Waals surface area contributed by atoms with E-state index in [0.29, 0.717) is 35.2 Å². The zero-order chi connectivity index (χ0) is 21.1. The minimum absolute atomic E-state index is 0.329. The Morgan fingerprint density at radius 2 is 1.83 bits per heavy atom. The average Bonchev–Trinajstić information content (AvgIpc) is 3.07. The summed E-state index contributed by atoms with van der Waals surface area (Å²) in [7, 11) is 0. The Labute approximate surface area is 185 Å². The summed E-state index contributed by atoms with van der Waals surface area (Å²) in [4.78, 5) is 17.1. The molecule has 0 aliphatic heterocycles. The van der Waals surface area contributed by atoms with Gasteiger partial charge < -0.3 is 9.30 Å². The molecule has 4 rings (SSSR count). The lowest BCUT2D eigenvalue weighted by atomic mass is 10.1. The van der Waals surface area contributed by atoms with Crippen molar-refractivity contribution in [2.75, 3.05) is 6.61 Å². The monoisotopic (exact) mass is 438 g/mol. The highest BCUT2D eigenvalue weighted by molar-refractivity contribution is 6.35. The van der Waals surface area contributed by atoms with E-state index < -0.39 is 0 Å². The van der Waals surface area contributed by atoms with Gasteiger partial charge in [-0.25, -0.2) is 9.78 Å².